The van der Waals surface area contributed by atoms with Gasteiger partial charge in [-0.3, -0.25) is 4.79 Å². The second kappa shape index (κ2) is 14.3. The first-order valence-corrected chi connectivity index (χ1v) is 17.3. The van der Waals surface area contributed by atoms with E-state index in [1.807, 2.05) is 13.0 Å². The van der Waals surface area contributed by atoms with E-state index in [0.717, 1.165) is 45.0 Å². The van der Waals surface area contributed by atoms with Crippen LogP contribution in [0.4, 0.5) is 24.7 Å². The zero-order valence-electron chi connectivity index (χ0n) is 28.9. The summed E-state index contributed by atoms with van der Waals surface area (Å²) >= 11 is 0. The van der Waals surface area contributed by atoms with Crippen molar-refractivity contribution >= 4 is 40.6 Å². The number of hydrogen-bond donors (Lipinski definition) is 2. The average molecular weight is 701 g/mol. The van der Waals surface area contributed by atoms with Gasteiger partial charge in [-0.1, -0.05) is 25.3 Å². The highest BCUT2D eigenvalue weighted by Gasteiger charge is 2.46. The molecular weight excluding hydrogens is 657 g/mol. The fraction of sp³-hybridized carbons (Fsp3) is 0.447. The van der Waals surface area contributed by atoms with Crippen LogP contribution in [0.3, 0.4) is 0 Å². The summed E-state index contributed by atoms with van der Waals surface area (Å²) in [5, 5.41) is 17.8. The second-order valence-electron chi connectivity index (χ2n) is 13.9. The Morgan fingerprint density at radius 2 is 1.86 bits per heavy atom. The molecule has 3 N–H and O–H groups in total. The molecule has 0 aliphatic carbocycles. The number of piperidine rings is 2. The Hall–Kier alpha value is -4.96. The summed E-state index contributed by atoms with van der Waals surface area (Å²) in [6.45, 7) is 12.7. The molecule has 268 valence electrons. The highest BCUT2D eigenvalue weighted by molar-refractivity contribution is 6.06. The Balaban J connectivity index is 1.51. The Labute approximate surface area is 295 Å². The number of nitrogens with two attached hydrogens (primary N) is 1. The smallest absolute Gasteiger partial charge is 0.422 e. The largest absolute Gasteiger partial charge is 0.481 e. The number of likely N-dealkylation sites (tertiary alicyclic amines) is 2. The normalized spacial score (nSPS) is 17.9. The van der Waals surface area contributed by atoms with Crippen molar-refractivity contribution in [1.29, 1.82) is 10.7 Å². The topological polar surface area (TPSA) is 135 Å². The number of nitrogens with zero attached hydrogens (tertiary/aromatic N) is 6. The zero-order chi connectivity index (χ0) is 36.5. The molecule has 10 nitrogen and oxygen atoms in total. The summed E-state index contributed by atoms with van der Waals surface area (Å²) in [7, 11) is 0. The number of alkyl halides is 3. The van der Waals surface area contributed by atoms with E-state index in [0.29, 0.717) is 89.7 Å². The van der Waals surface area contributed by atoms with Crippen molar-refractivity contribution < 1.29 is 22.7 Å². The van der Waals surface area contributed by atoms with Gasteiger partial charge in [0.15, 0.2) is 12.4 Å². The summed E-state index contributed by atoms with van der Waals surface area (Å²) in [6, 6.07) is 7.50. The Morgan fingerprint density at radius 3 is 2.47 bits per heavy atom. The molecule has 0 atom stereocenters. The molecule has 3 aliphatic heterocycles. The van der Waals surface area contributed by atoms with E-state index in [2.05, 4.69) is 29.0 Å². The molecule has 1 spiro atoms. The van der Waals surface area contributed by atoms with E-state index in [4.69, 9.17) is 31.1 Å². The summed E-state index contributed by atoms with van der Waals surface area (Å²) in [6.07, 6.45) is 2.92. The molecule has 3 aliphatic rings. The molecule has 2 aromatic carbocycles. The van der Waals surface area contributed by atoms with E-state index in [9.17, 15) is 18.0 Å². The Bertz CT molecular complexity index is 1900. The van der Waals surface area contributed by atoms with Crippen molar-refractivity contribution in [3.05, 3.63) is 59.9 Å². The van der Waals surface area contributed by atoms with Crippen LogP contribution in [0.5, 0.6) is 5.75 Å². The Kier molecular flexibility index (Phi) is 10.1. The lowest BCUT2D eigenvalue weighted by atomic mass is 9.72. The third-order valence-corrected chi connectivity index (χ3v) is 10.6. The molecule has 13 heteroatoms. The van der Waals surface area contributed by atoms with Crippen LogP contribution in [0.2, 0.25) is 0 Å². The maximum absolute atomic E-state index is 13.9. The summed E-state index contributed by atoms with van der Waals surface area (Å²) < 4.78 is 47.6. The lowest BCUT2D eigenvalue weighted by Crippen LogP contribution is -2.61. The molecule has 1 amide bonds. The van der Waals surface area contributed by atoms with Gasteiger partial charge in [0.1, 0.15) is 17.2 Å². The van der Waals surface area contributed by atoms with Crippen LogP contribution in [0, 0.1) is 29.1 Å². The van der Waals surface area contributed by atoms with Gasteiger partial charge in [0.05, 0.1) is 6.07 Å². The van der Waals surface area contributed by atoms with E-state index < -0.39 is 12.8 Å². The number of nitrogen functional groups attached to an aromatic ring is 1. The first-order valence-electron chi connectivity index (χ1n) is 17.3. The first-order chi connectivity index (χ1) is 24.4. The lowest BCUT2D eigenvalue weighted by molar-refractivity contribution is -0.153. The fourth-order valence-electron chi connectivity index (χ4n) is 7.81. The fourth-order valence-corrected chi connectivity index (χ4v) is 7.81. The second-order valence-corrected chi connectivity index (χ2v) is 13.9. The molecule has 6 rings (SSSR count). The number of carbonyl (C=O) groups is 1. The number of aryl methyl sites for hydroxylation is 1. The molecule has 0 radical (unpaired) electrons. The standard InChI is InChI=1S/C38H43F3N8O2/c1-4-25-19-27-33(34(51-23-38(39,40)41)32(25)31-24(3)7-8-29(44)28(31)20-43)45-35(26-9-15-47(16-10-26)14-6-13-42)46-36(27)48-17-11-37(12-18-48)21-49(22-37)30(50)5-2/h4-5,7-8,19-20,26,43H,1-2,6,9-12,14-18,21-23,44H2,3H3. The minimum Gasteiger partial charge on any atom is -0.481 e. The van der Waals surface area contributed by atoms with Crippen LogP contribution in [0.1, 0.15) is 60.5 Å². The van der Waals surface area contributed by atoms with E-state index in [-0.39, 0.29) is 28.5 Å². The third-order valence-electron chi connectivity index (χ3n) is 10.6. The average Bonchev–Trinajstić information content (AvgIpc) is 3.11. The van der Waals surface area contributed by atoms with Gasteiger partial charge < -0.3 is 30.6 Å². The number of nitrogens with one attached hydrogen (secondary N) is 1. The molecule has 3 saturated heterocycles. The highest BCUT2D eigenvalue weighted by atomic mass is 19.4. The van der Waals surface area contributed by atoms with E-state index in [1.54, 1.807) is 23.1 Å². The molecule has 4 heterocycles. The van der Waals surface area contributed by atoms with Crippen LogP contribution in [0.15, 0.2) is 37.4 Å². The van der Waals surface area contributed by atoms with Crippen molar-refractivity contribution in [3.8, 4) is 22.9 Å². The van der Waals surface area contributed by atoms with E-state index >= 15 is 0 Å². The van der Waals surface area contributed by atoms with Gasteiger partial charge in [0, 0.05) is 78.9 Å². The number of nitriles is 1. The van der Waals surface area contributed by atoms with Gasteiger partial charge in [0.2, 0.25) is 5.91 Å². The number of amides is 1. The minimum atomic E-state index is -4.64. The van der Waals surface area contributed by atoms with Crippen LogP contribution in [-0.4, -0.2) is 90.5 Å². The number of fused-ring (bicyclic) bond motifs is 1. The molecule has 0 bridgehead atoms. The molecule has 1 aromatic heterocycles. The van der Waals surface area contributed by atoms with Crippen LogP contribution >= 0.6 is 0 Å². The summed E-state index contributed by atoms with van der Waals surface area (Å²) in [4.78, 5) is 28.6. The molecule has 0 unspecified atom stereocenters. The minimum absolute atomic E-state index is 0.00540. The predicted molar refractivity (Wildman–Crippen MR) is 193 cm³/mol. The SMILES string of the molecule is C=CC(=O)N1CC2(CCN(c3nc(C4CCN(CCC#N)CC4)nc4c(OCC(F)(F)F)c(-c5c(C)ccc(N)c5C=N)c(C=C)cc34)CC2)C1. The van der Waals surface area contributed by atoms with Crippen LogP contribution in [-0.2, 0) is 4.79 Å². The van der Waals surface area contributed by atoms with Crippen molar-refractivity contribution in [1.82, 2.24) is 19.8 Å². The third kappa shape index (κ3) is 7.15. The number of carbonyl (C=O) groups excluding carboxylic acids is 1. The number of benzene rings is 2. The van der Waals surface area contributed by atoms with Gasteiger partial charge in [-0.2, -0.15) is 18.4 Å². The van der Waals surface area contributed by atoms with Gasteiger partial charge in [-0.05, 0) is 80.6 Å². The number of anilines is 2. The molecule has 3 aromatic rings. The number of halogens is 3. The maximum Gasteiger partial charge on any atom is 0.422 e. The number of aromatic nitrogens is 2. The highest BCUT2D eigenvalue weighted by Crippen LogP contribution is 2.48. The molecular formula is C38H43F3N8O2. The monoisotopic (exact) mass is 700 g/mol. The quantitative estimate of drug-likeness (QED) is 0.140. The molecule has 3 fully saturated rings. The number of ether oxygens (including phenoxy) is 1. The molecule has 51 heavy (non-hydrogen) atoms. The van der Waals surface area contributed by atoms with Gasteiger partial charge in [-0.25, -0.2) is 9.97 Å². The van der Waals surface area contributed by atoms with Crippen LogP contribution < -0.4 is 15.4 Å². The number of rotatable bonds is 10. The Morgan fingerprint density at radius 1 is 1.16 bits per heavy atom. The van der Waals surface area contributed by atoms with Crippen molar-refractivity contribution in [2.75, 3.05) is 63.1 Å². The first kappa shape index (κ1) is 35.9. The molecule has 0 saturated carbocycles. The van der Waals surface area contributed by atoms with E-state index in [1.165, 1.54) is 6.08 Å². The summed E-state index contributed by atoms with van der Waals surface area (Å²) in [5.74, 6) is 0.970. The van der Waals surface area contributed by atoms with Crippen molar-refractivity contribution in [2.45, 2.75) is 51.1 Å². The summed E-state index contributed by atoms with van der Waals surface area (Å²) in [5.41, 5.74) is 9.27. The van der Waals surface area contributed by atoms with Crippen molar-refractivity contribution in [2.24, 2.45) is 5.41 Å². The zero-order valence-corrected chi connectivity index (χ0v) is 28.9. The van der Waals surface area contributed by atoms with Gasteiger partial charge in [0.25, 0.3) is 0 Å². The van der Waals surface area contributed by atoms with Crippen LogP contribution in [0.25, 0.3) is 28.1 Å². The number of hydrogen-bond acceptors (Lipinski definition) is 9. The predicted octanol–water partition coefficient (Wildman–Crippen LogP) is 6.48. The van der Waals surface area contributed by atoms with Gasteiger partial charge in [-0.15, -0.1) is 0 Å². The van der Waals surface area contributed by atoms with Gasteiger partial charge >= 0.3 is 6.18 Å². The lowest BCUT2D eigenvalue weighted by Gasteiger charge is -2.54. The maximum atomic E-state index is 13.9. The van der Waals surface area contributed by atoms with Crippen molar-refractivity contribution in [3.63, 3.8) is 0 Å².